The van der Waals surface area contributed by atoms with Crippen LogP contribution in [0.4, 0.5) is 0 Å². The number of hydrogen-bond donors (Lipinski definition) is 0. The number of piperidine rings is 1. The second-order valence-corrected chi connectivity index (χ2v) is 6.82. The molecule has 4 rings (SSSR count). The Morgan fingerprint density at radius 2 is 2.12 bits per heavy atom. The van der Waals surface area contributed by atoms with E-state index in [0.29, 0.717) is 23.4 Å². The van der Waals surface area contributed by atoms with Crippen molar-refractivity contribution in [3.63, 3.8) is 0 Å². The van der Waals surface area contributed by atoms with Crippen molar-refractivity contribution in [2.24, 2.45) is 5.92 Å². The van der Waals surface area contributed by atoms with E-state index in [9.17, 15) is 9.59 Å². The zero-order chi connectivity index (χ0) is 18.1. The van der Waals surface area contributed by atoms with E-state index >= 15 is 0 Å². The van der Waals surface area contributed by atoms with Crippen LogP contribution >= 0.6 is 0 Å². The number of likely N-dealkylation sites (tertiary alicyclic amines) is 1. The lowest BCUT2D eigenvalue weighted by molar-refractivity contribution is -0.137. The highest BCUT2D eigenvalue weighted by Crippen LogP contribution is 2.34. The highest BCUT2D eigenvalue weighted by molar-refractivity contribution is 5.78. The van der Waals surface area contributed by atoms with Gasteiger partial charge in [-0.25, -0.2) is 4.68 Å². The fourth-order valence-corrected chi connectivity index (χ4v) is 3.54. The molecule has 134 valence electrons. The van der Waals surface area contributed by atoms with Crippen molar-refractivity contribution < 1.29 is 9.21 Å². The summed E-state index contributed by atoms with van der Waals surface area (Å²) in [6.45, 7) is 2.69. The first-order valence-corrected chi connectivity index (χ1v) is 8.79. The molecular formula is C19H20N4O3. The van der Waals surface area contributed by atoms with Crippen LogP contribution in [0.2, 0.25) is 0 Å². The second kappa shape index (κ2) is 6.74. The Balaban J connectivity index is 1.61. The molecule has 0 N–H and O–H groups in total. The molecule has 26 heavy (non-hydrogen) atoms. The van der Waals surface area contributed by atoms with Crippen LogP contribution in [-0.2, 0) is 11.3 Å². The van der Waals surface area contributed by atoms with Gasteiger partial charge in [-0.1, -0.05) is 24.3 Å². The van der Waals surface area contributed by atoms with Crippen LogP contribution in [0.15, 0.2) is 51.9 Å². The summed E-state index contributed by atoms with van der Waals surface area (Å²) in [6.07, 6.45) is 3.40. The monoisotopic (exact) mass is 352 g/mol. The molecule has 2 unspecified atom stereocenters. The second-order valence-electron chi connectivity index (χ2n) is 6.82. The predicted octanol–water partition coefficient (Wildman–Crippen LogP) is 2.38. The van der Waals surface area contributed by atoms with Crippen molar-refractivity contribution in [3.05, 3.63) is 58.8 Å². The van der Waals surface area contributed by atoms with Crippen molar-refractivity contribution >= 4 is 16.8 Å². The molecule has 2 atom stereocenters. The van der Waals surface area contributed by atoms with E-state index in [1.807, 2.05) is 12.1 Å². The lowest BCUT2D eigenvalue weighted by atomic mass is 9.91. The maximum Gasteiger partial charge on any atom is 0.278 e. The molecule has 0 radical (unpaired) electrons. The molecule has 0 aliphatic carbocycles. The smallest absolute Gasteiger partial charge is 0.278 e. The molecule has 3 heterocycles. The maximum atomic E-state index is 12.9. The molecule has 3 aromatic rings. The average Bonchev–Trinajstić information content (AvgIpc) is 3.19. The number of furan rings is 1. The van der Waals surface area contributed by atoms with Crippen LogP contribution in [0.25, 0.3) is 10.9 Å². The van der Waals surface area contributed by atoms with E-state index in [1.54, 1.807) is 35.4 Å². The Kier molecular flexibility index (Phi) is 4.28. The molecule has 1 aliphatic heterocycles. The summed E-state index contributed by atoms with van der Waals surface area (Å²) < 4.78 is 6.68. The summed E-state index contributed by atoms with van der Waals surface area (Å²) in [5.74, 6) is 1.14. The van der Waals surface area contributed by atoms with Gasteiger partial charge in [0.15, 0.2) is 0 Å². The van der Waals surface area contributed by atoms with Gasteiger partial charge in [0.25, 0.3) is 5.56 Å². The third kappa shape index (κ3) is 3.00. The Morgan fingerprint density at radius 1 is 1.27 bits per heavy atom. The summed E-state index contributed by atoms with van der Waals surface area (Å²) >= 11 is 0. The number of nitrogens with zero attached hydrogens (tertiary/aromatic N) is 4. The first-order chi connectivity index (χ1) is 12.6. The molecule has 1 aromatic carbocycles. The maximum absolute atomic E-state index is 12.9. The van der Waals surface area contributed by atoms with Crippen molar-refractivity contribution in [2.45, 2.75) is 32.4 Å². The number of aromatic nitrogens is 3. The van der Waals surface area contributed by atoms with Gasteiger partial charge in [-0.15, -0.1) is 5.10 Å². The summed E-state index contributed by atoms with van der Waals surface area (Å²) in [5, 5.41) is 8.44. The number of rotatable bonds is 3. The van der Waals surface area contributed by atoms with E-state index in [4.69, 9.17) is 4.42 Å². The van der Waals surface area contributed by atoms with Gasteiger partial charge in [-0.05, 0) is 43.0 Å². The summed E-state index contributed by atoms with van der Waals surface area (Å²) in [7, 11) is 0. The minimum Gasteiger partial charge on any atom is -0.467 e. The van der Waals surface area contributed by atoms with Gasteiger partial charge in [0, 0.05) is 6.54 Å². The standard InChI is InChI=1S/C19H20N4O3/c1-13-8-9-22(16(11-13)17-7-4-10-26-17)18(24)12-23-19(25)14-5-2-3-6-15(14)20-21-23/h2-7,10,13,16H,8-9,11-12H2,1H3. The number of carbonyl (C=O) groups excluding carboxylic acids is 1. The molecular weight excluding hydrogens is 332 g/mol. The lowest BCUT2D eigenvalue weighted by Gasteiger charge is -2.37. The molecule has 1 saturated heterocycles. The van der Waals surface area contributed by atoms with E-state index in [1.165, 1.54) is 0 Å². The lowest BCUT2D eigenvalue weighted by Crippen LogP contribution is -2.43. The van der Waals surface area contributed by atoms with Crippen LogP contribution in [-0.4, -0.2) is 32.3 Å². The normalized spacial score (nSPS) is 20.4. The zero-order valence-electron chi connectivity index (χ0n) is 14.5. The Bertz CT molecular complexity index is 980. The Labute approximate surface area is 150 Å². The zero-order valence-corrected chi connectivity index (χ0v) is 14.5. The fourth-order valence-electron chi connectivity index (χ4n) is 3.54. The van der Waals surface area contributed by atoms with Gasteiger partial charge < -0.3 is 9.32 Å². The third-order valence-electron chi connectivity index (χ3n) is 4.97. The Morgan fingerprint density at radius 3 is 2.92 bits per heavy atom. The van der Waals surface area contributed by atoms with Crippen molar-refractivity contribution in [2.75, 3.05) is 6.54 Å². The molecule has 1 amide bonds. The van der Waals surface area contributed by atoms with Crippen molar-refractivity contribution in [1.29, 1.82) is 0 Å². The van der Waals surface area contributed by atoms with E-state index in [2.05, 4.69) is 17.2 Å². The van der Waals surface area contributed by atoms with E-state index in [0.717, 1.165) is 23.3 Å². The van der Waals surface area contributed by atoms with Gasteiger partial charge in [0.2, 0.25) is 5.91 Å². The summed E-state index contributed by atoms with van der Waals surface area (Å²) in [4.78, 5) is 27.3. The predicted molar refractivity (Wildman–Crippen MR) is 95.4 cm³/mol. The minimum absolute atomic E-state index is 0.106. The third-order valence-corrected chi connectivity index (χ3v) is 4.97. The van der Waals surface area contributed by atoms with Crippen LogP contribution in [0.1, 0.15) is 31.6 Å². The largest absolute Gasteiger partial charge is 0.467 e. The molecule has 1 fully saturated rings. The van der Waals surface area contributed by atoms with Gasteiger partial charge in [-0.2, -0.15) is 0 Å². The highest BCUT2D eigenvalue weighted by Gasteiger charge is 2.33. The molecule has 0 bridgehead atoms. The number of carbonyl (C=O) groups is 1. The van der Waals surface area contributed by atoms with E-state index < -0.39 is 0 Å². The average molecular weight is 352 g/mol. The first kappa shape index (κ1) is 16.5. The molecule has 1 aliphatic rings. The van der Waals surface area contributed by atoms with Crippen LogP contribution in [0, 0.1) is 5.92 Å². The van der Waals surface area contributed by atoms with Crippen molar-refractivity contribution in [3.8, 4) is 0 Å². The number of fused-ring (bicyclic) bond motifs is 1. The molecule has 0 saturated carbocycles. The van der Waals surface area contributed by atoms with Crippen LogP contribution < -0.4 is 5.56 Å². The highest BCUT2D eigenvalue weighted by atomic mass is 16.3. The number of benzene rings is 1. The SMILES string of the molecule is CC1CCN(C(=O)Cn2nnc3ccccc3c2=O)C(c2ccco2)C1. The summed E-state index contributed by atoms with van der Waals surface area (Å²) in [6, 6.07) is 10.6. The number of amides is 1. The molecule has 0 spiro atoms. The first-order valence-electron chi connectivity index (χ1n) is 8.79. The van der Waals surface area contributed by atoms with Gasteiger partial charge in [0.05, 0.1) is 17.7 Å². The van der Waals surface area contributed by atoms with Crippen LogP contribution in [0.3, 0.4) is 0 Å². The van der Waals surface area contributed by atoms with Gasteiger partial charge in [0.1, 0.15) is 17.8 Å². The molecule has 7 heteroatoms. The van der Waals surface area contributed by atoms with Gasteiger partial charge >= 0.3 is 0 Å². The fraction of sp³-hybridized carbons (Fsp3) is 0.368. The van der Waals surface area contributed by atoms with Crippen LogP contribution in [0.5, 0.6) is 0 Å². The van der Waals surface area contributed by atoms with E-state index in [-0.39, 0.29) is 24.1 Å². The van der Waals surface area contributed by atoms with Crippen molar-refractivity contribution in [1.82, 2.24) is 19.9 Å². The molecule has 7 nitrogen and oxygen atoms in total. The minimum atomic E-state index is -0.302. The number of hydrogen-bond acceptors (Lipinski definition) is 5. The quantitative estimate of drug-likeness (QED) is 0.723. The van der Waals surface area contributed by atoms with Gasteiger partial charge in [-0.3, -0.25) is 9.59 Å². The Hall–Kier alpha value is -2.96. The summed E-state index contributed by atoms with van der Waals surface area (Å²) in [5.41, 5.74) is 0.227. The topological polar surface area (TPSA) is 81.2 Å². The molecule has 2 aromatic heterocycles.